The monoisotopic (exact) mass is 295 g/mol. The topological polar surface area (TPSA) is 28.2 Å². The van der Waals surface area contributed by atoms with Gasteiger partial charge in [-0.05, 0) is 24.3 Å². The molecule has 1 aliphatic heterocycles. The van der Waals surface area contributed by atoms with Crippen molar-refractivity contribution in [1.29, 1.82) is 0 Å². The number of aromatic nitrogens is 1. The van der Waals surface area contributed by atoms with Crippen LogP contribution in [0.1, 0.15) is 51.7 Å². The minimum Gasteiger partial charge on any atom is -0.308 e. The van der Waals surface area contributed by atoms with Crippen LogP contribution in [0.2, 0.25) is 0 Å². The van der Waals surface area contributed by atoms with Gasteiger partial charge in [-0.1, -0.05) is 34.6 Å². The molecule has 1 aromatic rings. The molecule has 1 aliphatic rings. The van der Waals surface area contributed by atoms with Crippen LogP contribution in [0.3, 0.4) is 0 Å². The molecule has 20 heavy (non-hydrogen) atoms. The predicted octanol–water partition coefficient (Wildman–Crippen LogP) is 3.51. The Morgan fingerprint density at radius 1 is 1.45 bits per heavy atom. The molecule has 2 rings (SSSR count). The highest BCUT2D eigenvalue weighted by molar-refractivity contribution is 7.09. The average Bonchev–Trinajstić information content (AvgIpc) is 2.95. The molecule has 1 saturated heterocycles. The fourth-order valence-corrected chi connectivity index (χ4v) is 3.44. The minimum absolute atomic E-state index is 0.434. The van der Waals surface area contributed by atoms with Gasteiger partial charge in [-0.2, -0.15) is 0 Å². The van der Waals surface area contributed by atoms with Gasteiger partial charge < -0.3 is 5.32 Å². The first kappa shape index (κ1) is 15.9. The molecular weight excluding hydrogens is 266 g/mol. The molecule has 0 amide bonds. The summed E-state index contributed by atoms with van der Waals surface area (Å²) in [6.45, 7) is 15.8. The molecule has 0 saturated carbocycles. The SMILES string of the molecule is CC(C)NCc1nc(CN2CCC(C(C)(C)C)C2)cs1. The van der Waals surface area contributed by atoms with Gasteiger partial charge >= 0.3 is 0 Å². The Bertz CT molecular complexity index is 420. The molecule has 0 aromatic carbocycles. The summed E-state index contributed by atoms with van der Waals surface area (Å²) in [5.41, 5.74) is 1.67. The minimum atomic E-state index is 0.434. The lowest BCUT2D eigenvalue weighted by atomic mass is 9.80. The summed E-state index contributed by atoms with van der Waals surface area (Å²) in [4.78, 5) is 7.31. The number of hydrogen-bond donors (Lipinski definition) is 1. The first-order chi connectivity index (χ1) is 9.34. The normalized spacial score (nSPS) is 21.0. The van der Waals surface area contributed by atoms with Gasteiger partial charge in [-0.25, -0.2) is 4.98 Å². The zero-order valence-electron chi connectivity index (χ0n) is 13.6. The first-order valence-electron chi connectivity index (χ1n) is 7.73. The van der Waals surface area contributed by atoms with Gasteiger partial charge in [0.2, 0.25) is 0 Å². The van der Waals surface area contributed by atoms with Crippen molar-refractivity contribution in [2.45, 2.75) is 60.2 Å². The average molecular weight is 295 g/mol. The maximum atomic E-state index is 4.75. The summed E-state index contributed by atoms with van der Waals surface area (Å²) in [6.07, 6.45) is 1.33. The smallest absolute Gasteiger partial charge is 0.107 e. The van der Waals surface area contributed by atoms with Crippen molar-refractivity contribution in [3.05, 3.63) is 16.1 Å². The van der Waals surface area contributed by atoms with E-state index in [4.69, 9.17) is 4.98 Å². The standard InChI is InChI=1S/C16H29N3S/c1-12(2)17-8-15-18-14(11-20-15)10-19-7-6-13(9-19)16(3,4)5/h11-13,17H,6-10H2,1-5H3. The highest BCUT2D eigenvalue weighted by Gasteiger charge is 2.31. The van der Waals surface area contributed by atoms with E-state index in [1.54, 1.807) is 11.3 Å². The van der Waals surface area contributed by atoms with Crippen LogP contribution in [0.4, 0.5) is 0 Å². The Morgan fingerprint density at radius 3 is 2.80 bits per heavy atom. The van der Waals surface area contributed by atoms with Gasteiger partial charge in [0.25, 0.3) is 0 Å². The fraction of sp³-hybridized carbons (Fsp3) is 0.812. The van der Waals surface area contributed by atoms with Crippen molar-refractivity contribution < 1.29 is 0 Å². The zero-order valence-corrected chi connectivity index (χ0v) is 14.4. The van der Waals surface area contributed by atoms with Crippen LogP contribution < -0.4 is 5.32 Å². The second-order valence-electron chi connectivity index (χ2n) is 7.35. The third kappa shape index (κ3) is 4.54. The number of rotatable bonds is 5. The van der Waals surface area contributed by atoms with Crippen LogP contribution in [0.5, 0.6) is 0 Å². The molecular formula is C16H29N3S. The summed E-state index contributed by atoms with van der Waals surface area (Å²) in [5, 5.41) is 6.86. The Labute approximate surface area is 127 Å². The molecule has 4 heteroatoms. The predicted molar refractivity (Wildman–Crippen MR) is 86.9 cm³/mol. The van der Waals surface area contributed by atoms with E-state index in [-0.39, 0.29) is 0 Å². The highest BCUT2D eigenvalue weighted by atomic mass is 32.1. The van der Waals surface area contributed by atoms with Gasteiger partial charge in [0, 0.05) is 31.1 Å². The largest absolute Gasteiger partial charge is 0.308 e. The Balaban J connectivity index is 1.83. The Morgan fingerprint density at radius 2 is 2.20 bits per heavy atom. The van der Waals surface area contributed by atoms with E-state index >= 15 is 0 Å². The molecule has 0 spiro atoms. The number of likely N-dealkylation sites (tertiary alicyclic amines) is 1. The van der Waals surface area contributed by atoms with Crippen LogP contribution in [-0.4, -0.2) is 29.0 Å². The van der Waals surface area contributed by atoms with Crippen LogP contribution in [0.15, 0.2) is 5.38 Å². The molecule has 2 heterocycles. The fourth-order valence-electron chi connectivity index (χ4n) is 2.71. The molecule has 1 N–H and O–H groups in total. The Hall–Kier alpha value is -0.450. The van der Waals surface area contributed by atoms with E-state index in [1.165, 1.54) is 30.2 Å². The van der Waals surface area contributed by atoms with Crippen molar-refractivity contribution in [3.8, 4) is 0 Å². The van der Waals surface area contributed by atoms with E-state index in [9.17, 15) is 0 Å². The van der Waals surface area contributed by atoms with E-state index in [1.807, 2.05) is 0 Å². The Kier molecular flexibility index (Phi) is 5.21. The maximum absolute atomic E-state index is 4.75. The van der Waals surface area contributed by atoms with Gasteiger partial charge in [0.05, 0.1) is 5.69 Å². The summed E-state index contributed by atoms with van der Waals surface area (Å²) in [5.74, 6) is 0.822. The van der Waals surface area contributed by atoms with Crippen molar-refractivity contribution in [1.82, 2.24) is 15.2 Å². The highest BCUT2D eigenvalue weighted by Crippen LogP contribution is 2.34. The number of nitrogens with one attached hydrogen (secondary N) is 1. The van der Waals surface area contributed by atoms with Crippen molar-refractivity contribution in [2.24, 2.45) is 11.3 Å². The first-order valence-corrected chi connectivity index (χ1v) is 8.61. The van der Waals surface area contributed by atoms with Crippen molar-refractivity contribution >= 4 is 11.3 Å². The lowest BCUT2D eigenvalue weighted by Gasteiger charge is -2.26. The lowest BCUT2D eigenvalue weighted by Crippen LogP contribution is -2.26. The molecule has 1 atom stereocenters. The van der Waals surface area contributed by atoms with Crippen LogP contribution in [0.25, 0.3) is 0 Å². The zero-order chi connectivity index (χ0) is 14.8. The molecule has 0 bridgehead atoms. The third-order valence-corrected chi connectivity index (χ3v) is 5.04. The number of thiazole rings is 1. The summed E-state index contributed by atoms with van der Waals surface area (Å²) >= 11 is 1.78. The second kappa shape index (κ2) is 6.54. The quantitative estimate of drug-likeness (QED) is 0.901. The molecule has 0 radical (unpaired) electrons. The summed E-state index contributed by atoms with van der Waals surface area (Å²) in [7, 11) is 0. The molecule has 0 aliphatic carbocycles. The van der Waals surface area contributed by atoms with Crippen LogP contribution in [0, 0.1) is 11.3 Å². The molecule has 1 unspecified atom stereocenters. The van der Waals surface area contributed by atoms with E-state index in [0.29, 0.717) is 11.5 Å². The van der Waals surface area contributed by atoms with E-state index in [0.717, 1.165) is 19.0 Å². The summed E-state index contributed by atoms with van der Waals surface area (Å²) in [6, 6.07) is 0.522. The molecule has 114 valence electrons. The van der Waals surface area contributed by atoms with Gasteiger partial charge in [-0.3, -0.25) is 4.90 Å². The van der Waals surface area contributed by atoms with Crippen LogP contribution >= 0.6 is 11.3 Å². The molecule has 1 aromatic heterocycles. The maximum Gasteiger partial charge on any atom is 0.107 e. The lowest BCUT2D eigenvalue weighted by molar-refractivity contribution is 0.225. The van der Waals surface area contributed by atoms with Gasteiger partial charge in [0.1, 0.15) is 5.01 Å². The van der Waals surface area contributed by atoms with E-state index in [2.05, 4.69) is 50.2 Å². The van der Waals surface area contributed by atoms with Gasteiger partial charge in [-0.15, -0.1) is 11.3 Å². The third-order valence-electron chi connectivity index (χ3n) is 4.14. The van der Waals surface area contributed by atoms with Crippen LogP contribution in [-0.2, 0) is 13.1 Å². The molecule has 1 fully saturated rings. The van der Waals surface area contributed by atoms with Gasteiger partial charge in [0.15, 0.2) is 0 Å². The summed E-state index contributed by atoms with van der Waals surface area (Å²) < 4.78 is 0. The number of nitrogens with zero attached hydrogens (tertiary/aromatic N) is 2. The van der Waals surface area contributed by atoms with E-state index < -0.39 is 0 Å². The second-order valence-corrected chi connectivity index (χ2v) is 8.30. The van der Waals surface area contributed by atoms with Crippen molar-refractivity contribution in [3.63, 3.8) is 0 Å². The molecule has 3 nitrogen and oxygen atoms in total. The van der Waals surface area contributed by atoms with Crippen molar-refractivity contribution in [2.75, 3.05) is 13.1 Å². The number of hydrogen-bond acceptors (Lipinski definition) is 4.